The third-order valence-corrected chi connectivity index (χ3v) is 5.08. The maximum Gasteiger partial charge on any atom is 0.318 e. The second-order valence-electron chi connectivity index (χ2n) is 6.75. The summed E-state index contributed by atoms with van der Waals surface area (Å²) in [6.45, 7) is 3.53. The first kappa shape index (κ1) is 16.9. The number of aromatic amines is 1. The predicted molar refractivity (Wildman–Crippen MR) is 98.2 cm³/mol. The van der Waals surface area contributed by atoms with Gasteiger partial charge < -0.3 is 20.1 Å². The number of carbonyl (C=O) groups is 2. The summed E-state index contributed by atoms with van der Waals surface area (Å²) >= 11 is 5.90. The molecule has 7 nitrogen and oxygen atoms in total. The molecule has 0 saturated carbocycles. The van der Waals surface area contributed by atoms with Gasteiger partial charge in [0.15, 0.2) is 0 Å². The highest BCUT2D eigenvalue weighted by atomic mass is 35.5. The van der Waals surface area contributed by atoms with Crippen molar-refractivity contribution in [3.8, 4) is 0 Å². The number of halogens is 1. The van der Waals surface area contributed by atoms with Crippen LogP contribution in [0.4, 0.5) is 10.5 Å². The summed E-state index contributed by atoms with van der Waals surface area (Å²) in [5, 5.41) is 3.62. The quantitative estimate of drug-likeness (QED) is 0.847. The summed E-state index contributed by atoms with van der Waals surface area (Å²) in [4.78, 5) is 36.0. The Morgan fingerprint density at radius 3 is 2.88 bits per heavy atom. The number of hydrogen-bond acceptors (Lipinski definition) is 3. The number of aryl methyl sites for hydroxylation is 1. The minimum absolute atomic E-state index is 0.00254. The van der Waals surface area contributed by atoms with Crippen LogP contribution in [0.3, 0.4) is 0 Å². The van der Waals surface area contributed by atoms with Crippen LogP contribution >= 0.6 is 11.6 Å². The van der Waals surface area contributed by atoms with Crippen molar-refractivity contribution in [2.24, 2.45) is 0 Å². The number of hydrogen-bond donors (Lipinski definition) is 2. The molecule has 136 valence electrons. The van der Waals surface area contributed by atoms with Gasteiger partial charge in [0.05, 0.1) is 24.0 Å². The maximum atomic E-state index is 12.6. The van der Waals surface area contributed by atoms with E-state index in [4.69, 9.17) is 11.6 Å². The molecular weight excluding hydrogens is 354 g/mol. The van der Waals surface area contributed by atoms with Crippen molar-refractivity contribution in [3.63, 3.8) is 0 Å². The molecule has 2 aliphatic rings. The van der Waals surface area contributed by atoms with E-state index in [2.05, 4.69) is 15.3 Å². The van der Waals surface area contributed by atoms with Crippen molar-refractivity contribution < 1.29 is 9.59 Å². The van der Waals surface area contributed by atoms with Crippen LogP contribution in [0.25, 0.3) is 0 Å². The zero-order valence-electron chi connectivity index (χ0n) is 14.5. The molecule has 3 heterocycles. The first-order chi connectivity index (χ1) is 12.5. The zero-order chi connectivity index (χ0) is 18.3. The van der Waals surface area contributed by atoms with Crippen LogP contribution in [0.5, 0.6) is 0 Å². The Balaban J connectivity index is 1.38. The number of urea groups is 1. The lowest BCUT2D eigenvalue weighted by atomic mass is 10.1. The summed E-state index contributed by atoms with van der Waals surface area (Å²) in [5.74, 6) is 0.875. The summed E-state index contributed by atoms with van der Waals surface area (Å²) < 4.78 is 0. The van der Waals surface area contributed by atoms with Gasteiger partial charge in [-0.05, 0) is 31.2 Å². The van der Waals surface area contributed by atoms with Crippen LogP contribution in [-0.4, -0.2) is 45.9 Å². The molecule has 1 fully saturated rings. The van der Waals surface area contributed by atoms with Crippen molar-refractivity contribution in [2.75, 3.05) is 18.0 Å². The standard InChI is InChI=1S/C18H20ClN5O2/c1-11-20-15-6-7-23(10-16(15)21-11)18(26)22-13-8-17(25)24(9-13)14-4-2-12(19)3-5-14/h2-5,13H,6-10H2,1H3,(H,20,21)(H,22,26). The van der Waals surface area contributed by atoms with E-state index in [1.54, 1.807) is 21.9 Å². The van der Waals surface area contributed by atoms with Gasteiger partial charge in [-0.2, -0.15) is 0 Å². The lowest BCUT2D eigenvalue weighted by Gasteiger charge is -2.27. The van der Waals surface area contributed by atoms with E-state index in [1.165, 1.54) is 0 Å². The van der Waals surface area contributed by atoms with Crippen molar-refractivity contribution in [2.45, 2.75) is 32.4 Å². The lowest BCUT2D eigenvalue weighted by Crippen LogP contribution is -2.47. The van der Waals surface area contributed by atoms with Crippen LogP contribution in [0, 0.1) is 6.92 Å². The van der Waals surface area contributed by atoms with E-state index in [0.29, 0.717) is 31.1 Å². The fourth-order valence-electron chi connectivity index (χ4n) is 3.55. The van der Waals surface area contributed by atoms with E-state index in [0.717, 1.165) is 29.3 Å². The van der Waals surface area contributed by atoms with Gasteiger partial charge in [0, 0.05) is 36.6 Å². The molecule has 8 heteroatoms. The monoisotopic (exact) mass is 373 g/mol. The Morgan fingerprint density at radius 1 is 1.35 bits per heavy atom. The minimum Gasteiger partial charge on any atom is -0.344 e. The summed E-state index contributed by atoms with van der Waals surface area (Å²) in [5.41, 5.74) is 2.83. The Hall–Kier alpha value is -2.54. The molecule has 2 aromatic rings. The molecule has 1 saturated heterocycles. The van der Waals surface area contributed by atoms with E-state index in [1.807, 2.05) is 19.1 Å². The van der Waals surface area contributed by atoms with Crippen LogP contribution in [0.15, 0.2) is 24.3 Å². The molecular formula is C18H20ClN5O2. The van der Waals surface area contributed by atoms with Crippen molar-refractivity contribution in [3.05, 3.63) is 46.5 Å². The van der Waals surface area contributed by atoms with E-state index >= 15 is 0 Å². The number of amides is 3. The second-order valence-corrected chi connectivity index (χ2v) is 7.19. The van der Waals surface area contributed by atoms with Gasteiger partial charge in [-0.25, -0.2) is 9.78 Å². The fraction of sp³-hybridized carbons (Fsp3) is 0.389. The van der Waals surface area contributed by atoms with Crippen molar-refractivity contribution in [1.29, 1.82) is 0 Å². The first-order valence-electron chi connectivity index (χ1n) is 8.65. The fourth-order valence-corrected chi connectivity index (χ4v) is 3.68. The Morgan fingerprint density at radius 2 is 2.12 bits per heavy atom. The molecule has 0 aliphatic carbocycles. The highest BCUT2D eigenvalue weighted by Crippen LogP contribution is 2.24. The zero-order valence-corrected chi connectivity index (χ0v) is 15.2. The Bertz CT molecular complexity index is 848. The number of nitrogens with zero attached hydrogens (tertiary/aromatic N) is 3. The maximum absolute atomic E-state index is 12.6. The van der Waals surface area contributed by atoms with Crippen LogP contribution in [0.2, 0.25) is 5.02 Å². The molecule has 1 aromatic carbocycles. The molecule has 4 rings (SSSR count). The second kappa shape index (κ2) is 6.64. The average molecular weight is 374 g/mol. The third kappa shape index (κ3) is 3.26. The molecule has 2 N–H and O–H groups in total. The molecule has 26 heavy (non-hydrogen) atoms. The number of rotatable bonds is 2. The number of fused-ring (bicyclic) bond motifs is 1. The number of imidazole rings is 1. The summed E-state index contributed by atoms with van der Waals surface area (Å²) in [7, 11) is 0. The van der Waals surface area contributed by atoms with Gasteiger partial charge in [-0.15, -0.1) is 0 Å². The van der Waals surface area contributed by atoms with Crippen LogP contribution < -0.4 is 10.2 Å². The summed E-state index contributed by atoms with van der Waals surface area (Å²) in [6.07, 6.45) is 1.05. The highest BCUT2D eigenvalue weighted by Gasteiger charge is 2.33. The van der Waals surface area contributed by atoms with Crippen LogP contribution in [0.1, 0.15) is 23.6 Å². The van der Waals surface area contributed by atoms with E-state index in [9.17, 15) is 9.59 Å². The van der Waals surface area contributed by atoms with Gasteiger partial charge in [-0.1, -0.05) is 11.6 Å². The normalized spacial score (nSPS) is 19.6. The van der Waals surface area contributed by atoms with Gasteiger partial charge in [0.25, 0.3) is 0 Å². The number of H-pyrrole nitrogens is 1. The van der Waals surface area contributed by atoms with E-state index < -0.39 is 0 Å². The molecule has 0 bridgehead atoms. The summed E-state index contributed by atoms with van der Waals surface area (Å²) in [6, 6.07) is 6.81. The van der Waals surface area contributed by atoms with Gasteiger partial charge in [0.1, 0.15) is 5.82 Å². The first-order valence-corrected chi connectivity index (χ1v) is 9.03. The predicted octanol–water partition coefficient (Wildman–Crippen LogP) is 2.24. The average Bonchev–Trinajstić information content (AvgIpc) is 3.16. The van der Waals surface area contributed by atoms with Crippen molar-refractivity contribution in [1.82, 2.24) is 20.2 Å². The number of nitrogens with one attached hydrogen (secondary N) is 2. The lowest BCUT2D eigenvalue weighted by molar-refractivity contribution is -0.117. The Labute approximate surface area is 156 Å². The molecule has 0 spiro atoms. The third-order valence-electron chi connectivity index (χ3n) is 4.83. The molecule has 1 aromatic heterocycles. The molecule has 3 amide bonds. The number of anilines is 1. The van der Waals surface area contributed by atoms with Crippen molar-refractivity contribution >= 4 is 29.2 Å². The van der Waals surface area contributed by atoms with Gasteiger partial charge in [0.2, 0.25) is 5.91 Å². The number of aromatic nitrogens is 2. The topological polar surface area (TPSA) is 81.3 Å². The molecule has 1 unspecified atom stereocenters. The van der Waals surface area contributed by atoms with Gasteiger partial charge in [-0.3, -0.25) is 4.79 Å². The molecule has 1 atom stereocenters. The highest BCUT2D eigenvalue weighted by molar-refractivity contribution is 6.30. The largest absolute Gasteiger partial charge is 0.344 e. The molecule has 2 aliphatic heterocycles. The van der Waals surface area contributed by atoms with E-state index in [-0.39, 0.29) is 18.0 Å². The minimum atomic E-state index is -0.199. The van der Waals surface area contributed by atoms with Gasteiger partial charge >= 0.3 is 6.03 Å². The number of carbonyl (C=O) groups excluding carboxylic acids is 2. The smallest absolute Gasteiger partial charge is 0.318 e. The Kier molecular flexibility index (Phi) is 4.32. The molecule has 0 radical (unpaired) electrons. The SMILES string of the molecule is Cc1nc2c([nH]1)CN(C(=O)NC1CC(=O)N(c3ccc(Cl)cc3)C1)CC2. The number of benzene rings is 1. The van der Waals surface area contributed by atoms with Crippen LogP contribution in [-0.2, 0) is 17.8 Å².